The second kappa shape index (κ2) is 10.7. The number of rotatable bonds is 6. The number of hydrogen-bond donors (Lipinski definition) is 2. The monoisotopic (exact) mass is 644 g/mol. The fourth-order valence-electron chi connectivity index (χ4n) is 7.54. The molecule has 3 aromatic rings. The van der Waals surface area contributed by atoms with Crippen molar-refractivity contribution in [3.8, 4) is 23.1 Å². The van der Waals surface area contributed by atoms with Gasteiger partial charge in [0.05, 0.1) is 36.6 Å². The quantitative estimate of drug-likeness (QED) is 0.382. The number of morpholine rings is 1. The Kier molecular flexibility index (Phi) is 6.96. The number of nitrogens with two attached hydrogens (primary N) is 1. The molecule has 5 fully saturated rings. The van der Waals surface area contributed by atoms with Gasteiger partial charge in [0.1, 0.15) is 34.3 Å². The van der Waals surface area contributed by atoms with Gasteiger partial charge in [-0.15, -0.1) is 0 Å². The van der Waals surface area contributed by atoms with E-state index in [2.05, 4.69) is 25.2 Å². The van der Waals surface area contributed by atoms with E-state index in [0.717, 1.165) is 51.4 Å². The Balaban J connectivity index is 1.22. The molecule has 5 aliphatic heterocycles. The molecular weight excluding hydrogens is 608 g/mol. The van der Waals surface area contributed by atoms with Gasteiger partial charge in [0, 0.05) is 49.7 Å². The number of aryl methyl sites for hydroxylation is 1. The number of anilines is 2. The van der Waals surface area contributed by atoms with Gasteiger partial charge in [-0.3, -0.25) is 4.90 Å². The number of ether oxygens (including phenoxy) is 3. The summed E-state index contributed by atoms with van der Waals surface area (Å²) in [7, 11) is 0. The predicted octanol–water partition coefficient (Wildman–Crippen LogP) is 3.72. The zero-order chi connectivity index (χ0) is 32.0. The number of piperazine rings is 1. The summed E-state index contributed by atoms with van der Waals surface area (Å²) in [4.78, 5) is 22.0. The molecular formula is C31H36F4N8O3. The third-order valence-electron chi connectivity index (χ3n) is 10.2. The highest BCUT2D eigenvalue weighted by Gasteiger charge is 2.48. The molecule has 0 radical (unpaired) electrons. The van der Waals surface area contributed by atoms with E-state index in [1.54, 1.807) is 0 Å². The van der Waals surface area contributed by atoms with Crippen LogP contribution in [0.1, 0.15) is 43.9 Å². The minimum absolute atomic E-state index is 0.0347. The lowest BCUT2D eigenvalue weighted by Gasteiger charge is -2.46. The van der Waals surface area contributed by atoms with Crippen LogP contribution >= 0.6 is 0 Å². The first-order chi connectivity index (χ1) is 22.0. The summed E-state index contributed by atoms with van der Waals surface area (Å²) < 4.78 is 78.1. The van der Waals surface area contributed by atoms with Crippen molar-refractivity contribution in [2.45, 2.75) is 70.0 Å². The van der Waals surface area contributed by atoms with E-state index in [4.69, 9.17) is 24.9 Å². The minimum Gasteiger partial charge on any atom is -0.472 e. The third kappa shape index (κ3) is 5.07. The highest BCUT2D eigenvalue weighted by molar-refractivity contribution is 5.97. The molecule has 6 aliphatic rings. The van der Waals surface area contributed by atoms with Gasteiger partial charge in [0.15, 0.2) is 5.82 Å². The number of nitrogen functional groups attached to an aromatic ring is 1. The molecule has 1 saturated carbocycles. The van der Waals surface area contributed by atoms with E-state index in [1.807, 2.05) is 11.8 Å². The Hall–Kier alpha value is -3.56. The van der Waals surface area contributed by atoms with Gasteiger partial charge in [-0.05, 0) is 45.6 Å². The average Bonchev–Trinajstić information content (AvgIpc) is 3.81. The van der Waals surface area contributed by atoms with Crippen molar-refractivity contribution < 1.29 is 31.8 Å². The van der Waals surface area contributed by atoms with Crippen LogP contribution in [0.2, 0.25) is 0 Å². The van der Waals surface area contributed by atoms with E-state index < -0.39 is 34.9 Å². The smallest absolute Gasteiger partial charge is 0.418 e. The molecule has 0 spiro atoms. The van der Waals surface area contributed by atoms with Crippen LogP contribution in [-0.2, 0) is 10.9 Å². The molecule has 2 bridgehead atoms. The van der Waals surface area contributed by atoms with Crippen LogP contribution < -0.4 is 25.4 Å². The highest BCUT2D eigenvalue weighted by atomic mass is 19.4. The molecule has 2 unspecified atom stereocenters. The SMILES string of the molecule is Cc1nc(N)cc(-c2nc3c4c(nc(OCC5(CN6CC7CCC6CO7)CC5)nc4c2F)N2CCNC[C@H]2[C@H](C)O3)c1C(F)(F)F. The van der Waals surface area contributed by atoms with Crippen molar-refractivity contribution in [1.82, 2.24) is 30.2 Å². The lowest BCUT2D eigenvalue weighted by Crippen LogP contribution is -2.56. The zero-order valence-electron chi connectivity index (χ0n) is 25.7. The van der Waals surface area contributed by atoms with Gasteiger partial charge in [-0.2, -0.15) is 23.1 Å². The van der Waals surface area contributed by atoms with Crippen LogP contribution in [0.25, 0.3) is 22.2 Å². The number of aromatic nitrogens is 4. The van der Waals surface area contributed by atoms with Crippen molar-refractivity contribution in [3.05, 3.63) is 23.1 Å². The molecule has 246 valence electrons. The Morgan fingerprint density at radius 1 is 1.17 bits per heavy atom. The van der Waals surface area contributed by atoms with E-state index in [0.29, 0.717) is 38.1 Å². The van der Waals surface area contributed by atoms with Crippen molar-refractivity contribution in [2.75, 3.05) is 56.6 Å². The molecule has 0 amide bonds. The molecule has 1 aliphatic carbocycles. The number of pyridine rings is 2. The van der Waals surface area contributed by atoms with Gasteiger partial charge in [0.2, 0.25) is 5.88 Å². The fourth-order valence-corrected chi connectivity index (χ4v) is 7.54. The van der Waals surface area contributed by atoms with Crippen molar-refractivity contribution in [2.24, 2.45) is 5.41 Å². The van der Waals surface area contributed by atoms with Crippen LogP contribution in [-0.4, -0.2) is 95.1 Å². The second-order valence-electron chi connectivity index (χ2n) is 13.4. The Morgan fingerprint density at radius 3 is 2.70 bits per heavy atom. The van der Waals surface area contributed by atoms with Crippen LogP contribution in [0.4, 0.5) is 29.2 Å². The largest absolute Gasteiger partial charge is 0.472 e. The summed E-state index contributed by atoms with van der Waals surface area (Å²) in [6.45, 7) is 7.68. The summed E-state index contributed by atoms with van der Waals surface area (Å²) in [5.74, 6) is -0.892. The number of fused-ring (bicyclic) bond motifs is 5. The van der Waals surface area contributed by atoms with Gasteiger partial charge in [-0.1, -0.05) is 0 Å². The molecule has 3 N–H and O–H groups in total. The molecule has 46 heavy (non-hydrogen) atoms. The first kappa shape index (κ1) is 29.8. The van der Waals surface area contributed by atoms with Crippen molar-refractivity contribution in [1.29, 1.82) is 0 Å². The van der Waals surface area contributed by atoms with E-state index in [1.165, 1.54) is 6.92 Å². The fraction of sp³-hybridized carbons (Fsp3) is 0.613. The maximum atomic E-state index is 16.7. The van der Waals surface area contributed by atoms with Crippen molar-refractivity contribution >= 4 is 22.5 Å². The maximum Gasteiger partial charge on any atom is 0.418 e. The molecule has 4 saturated heterocycles. The number of piperidine rings is 1. The van der Waals surface area contributed by atoms with Crippen LogP contribution in [0.3, 0.4) is 0 Å². The van der Waals surface area contributed by atoms with Gasteiger partial charge >= 0.3 is 12.2 Å². The molecule has 0 aromatic carbocycles. The van der Waals surface area contributed by atoms with Crippen LogP contribution in [0.5, 0.6) is 11.9 Å². The van der Waals surface area contributed by atoms with Crippen LogP contribution in [0.15, 0.2) is 6.07 Å². The van der Waals surface area contributed by atoms with E-state index in [-0.39, 0.29) is 51.9 Å². The minimum atomic E-state index is -4.85. The Morgan fingerprint density at radius 2 is 2.00 bits per heavy atom. The van der Waals surface area contributed by atoms with Crippen molar-refractivity contribution in [3.63, 3.8) is 0 Å². The van der Waals surface area contributed by atoms with Crippen LogP contribution in [0, 0.1) is 18.2 Å². The zero-order valence-corrected chi connectivity index (χ0v) is 25.7. The number of hydrogen-bond acceptors (Lipinski definition) is 11. The molecule has 11 nitrogen and oxygen atoms in total. The first-order valence-corrected chi connectivity index (χ1v) is 15.9. The highest BCUT2D eigenvalue weighted by Crippen LogP contribution is 2.49. The van der Waals surface area contributed by atoms with Gasteiger partial charge < -0.3 is 30.2 Å². The summed E-state index contributed by atoms with van der Waals surface area (Å²) >= 11 is 0. The molecule has 4 atom stereocenters. The molecule has 9 rings (SSSR count). The molecule has 3 aromatic heterocycles. The maximum absolute atomic E-state index is 16.7. The Bertz CT molecular complexity index is 1690. The predicted molar refractivity (Wildman–Crippen MR) is 160 cm³/mol. The number of alkyl halides is 3. The molecule has 8 heterocycles. The van der Waals surface area contributed by atoms with E-state index >= 15 is 4.39 Å². The summed E-state index contributed by atoms with van der Waals surface area (Å²) in [5, 5.41) is 3.55. The number of nitrogens with one attached hydrogen (secondary N) is 1. The van der Waals surface area contributed by atoms with Gasteiger partial charge in [-0.25, -0.2) is 14.4 Å². The molecule has 15 heteroatoms. The van der Waals surface area contributed by atoms with Gasteiger partial charge in [0.25, 0.3) is 0 Å². The summed E-state index contributed by atoms with van der Waals surface area (Å²) in [6.07, 6.45) is -0.828. The second-order valence-corrected chi connectivity index (χ2v) is 13.4. The number of nitrogens with zero attached hydrogens (tertiary/aromatic N) is 6. The average molecular weight is 645 g/mol. The normalized spacial score (nSPS) is 26.9. The first-order valence-electron chi connectivity index (χ1n) is 15.9. The topological polar surface area (TPSA) is 124 Å². The third-order valence-corrected chi connectivity index (χ3v) is 10.2. The summed E-state index contributed by atoms with van der Waals surface area (Å²) in [5.41, 5.74) is 2.96. The standard InChI is InChI=1S/C31H36F4N8O3/c1-15-23(31(33,34)35)19(9-21(36)38-15)25-24(32)26-22-27(43-8-7-37-10-20(43)16(2)46-28(22)39-25)41-29(40-26)45-14-30(5-6-30)13-42-11-18-4-3-17(42)12-44-18/h9,16-18,20,37H,3-8,10-14H2,1-2H3,(H2,36,38)/t16-,17?,18?,20-/m0/s1. The van der Waals surface area contributed by atoms with E-state index in [9.17, 15) is 13.2 Å². The summed E-state index contributed by atoms with van der Waals surface area (Å²) in [6, 6.07) is 1.16. The lowest BCUT2D eigenvalue weighted by atomic mass is 9.95. The Labute approximate surface area is 262 Å². The lowest BCUT2D eigenvalue weighted by molar-refractivity contribution is -0.137. The number of halogens is 4.